The van der Waals surface area contributed by atoms with Crippen molar-refractivity contribution in [2.75, 3.05) is 13.1 Å². The van der Waals surface area contributed by atoms with Gasteiger partial charge in [-0.3, -0.25) is 9.59 Å². The number of para-hydroxylation sites is 1. The number of hydrogen-bond donors (Lipinski definition) is 2. The molecule has 30 heavy (non-hydrogen) atoms. The summed E-state index contributed by atoms with van der Waals surface area (Å²) >= 11 is 6.54. The van der Waals surface area contributed by atoms with Gasteiger partial charge in [0.25, 0.3) is 0 Å². The topological polar surface area (TPSA) is 65.2 Å². The minimum absolute atomic E-state index is 0.0524. The van der Waals surface area contributed by atoms with Crippen molar-refractivity contribution in [3.05, 3.63) is 70.9 Å². The van der Waals surface area contributed by atoms with Gasteiger partial charge in [0.1, 0.15) is 0 Å². The second kappa shape index (κ2) is 7.80. The highest BCUT2D eigenvalue weighted by atomic mass is 35.5. The molecule has 1 saturated heterocycles. The molecule has 2 aliphatic rings. The largest absolute Gasteiger partial charge is 0.361 e. The summed E-state index contributed by atoms with van der Waals surface area (Å²) in [5, 5.41) is 4.91. The molecule has 3 aromatic rings. The molecule has 1 saturated carbocycles. The number of amides is 2. The Morgan fingerprint density at radius 2 is 1.90 bits per heavy atom. The van der Waals surface area contributed by atoms with Crippen LogP contribution in [0.25, 0.3) is 10.9 Å². The van der Waals surface area contributed by atoms with E-state index in [1.54, 1.807) is 0 Å². The Morgan fingerprint density at radius 1 is 1.13 bits per heavy atom. The molecule has 2 atom stereocenters. The molecule has 0 unspecified atom stereocenters. The zero-order chi connectivity index (χ0) is 20.7. The highest BCUT2D eigenvalue weighted by Crippen LogP contribution is 2.35. The van der Waals surface area contributed by atoms with Crippen molar-refractivity contribution in [2.24, 2.45) is 5.92 Å². The second-order valence-electron chi connectivity index (χ2n) is 8.29. The minimum atomic E-state index is -0.270. The Bertz CT molecular complexity index is 1100. The molecule has 5 rings (SSSR count). The van der Waals surface area contributed by atoms with Crippen LogP contribution in [-0.2, 0) is 9.59 Å². The minimum Gasteiger partial charge on any atom is -0.361 e. The third-order valence-corrected chi connectivity index (χ3v) is 6.62. The van der Waals surface area contributed by atoms with Crippen LogP contribution in [0.5, 0.6) is 0 Å². The van der Waals surface area contributed by atoms with E-state index >= 15 is 0 Å². The summed E-state index contributed by atoms with van der Waals surface area (Å²) in [6.07, 6.45) is 4.44. The molecule has 1 aromatic heterocycles. The number of likely N-dealkylation sites (tertiary alicyclic amines) is 1. The highest BCUT2D eigenvalue weighted by molar-refractivity contribution is 6.31. The lowest BCUT2D eigenvalue weighted by Gasteiger charge is -2.21. The fourth-order valence-electron chi connectivity index (χ4n) is 4.52. The molecule has 0 radical (unpaired) electrons. The Labute approximate surface area is 180 Å². The van der Waals surface area contributed by atoms with E-state index in [-0.39, 0.29) is 23.7 Å². The van der Waals surface area contributed by atoms with Crippen LogP contribution in [-0.4, -0.2) is 40.8 Å². The van der Waals surface area contributed by atoms with Gasteiger partial charge >= 0.3 is 0 Å². The number of benzene rings is 2. The molecule has 2 fully saturated rings. The van der Waals surface area contributed by atoms with Crippen molar-refractivity contribution in [3.8, 4) is 0 Å². The van der Waals surface area contributed by atoms with E-state index in [2.05, 4.69) is 16.4 Å². The smallest absolute Gasteiger partial charge is 0.225 e. The number of hydrogen-bond acceptors (Lipinski definition) is 2. The van der Waals surface area contributed by atoms with E-state index in [1.165, 1.54) is 0 Å². The Morgan fingerprint density at radius 3 is 2.70 bits per heavy atom. The lowest BCUT2D eigenvalue weighted by Crippen LogP contribution is -2.36. The summed E-state index contributed by atoms with van der Waals surface area (Å²) < 4.78 is 0. The fourth-order valence-corrected chi connectivity index (χ4v) is 4.79. The van der Waals surface area contributed by atoms with Gasteiger partial charge in [-0.15, -0.1) is 0 Å². The maximum absolute atomic E-state index is 12.9. The standard InChI is InChI=1S/C24H24ClN3O2/c25-21-7-3-1-5-17(21)19(20-12-26-22-8-4-2-6-18(20)22)13-27-24(30)15-11-23(29)28(14-15)16-9-10-16/h1-8,12,15-16,19,26H,9-11,13-14H2,(H,27,30)/t15-,19-/m0/s1. The molecule has 6 heteroatoms. The van der Waals surface area contributed by atoms with Crippen LogP contribution < -0.4 is 5.32 Å². The van der Waals surface area contributed by atoms with Crippen molar-refractivity contribution < 1.29 is 9.59 Å². The van der Waals surface area contributed by atoms with E-state index in [4.69, 9.17) is 11.6 Å². The Kier molecular flexibility index (Phi) is 4.99. The average molecular weight is 422 g/mol. The van der Waals surface area contributed by atoms with Crippen molar-refractivity contribution in [2.45, 2.75) is 31.2 Å². The van der Waals surface area contributed by atoms with Crippen LogP contribution in [0, 0.1) is 5.92 Å². The highest BCUT2D eigenvalue weighted by Gasteiger charge is 2.41. The number of carbonyl (C=O) groups is 2. The number of carbonyl (C=O) groups excluding carboxylic acids is 2. The zero-order valence-corrected chi connectivity index (χ0v) is 17.4. The first kappa shape index (κ1) is 19.2. The van der Waals surface area contributed by atoms with Crippen molar-refractivity contribution in [1.82, 2.24) is 15.2 Å². The first-order valence-corrected chi connectivity index (χ1v) is 10.9. The zero-order valence-electron chi connectivity index (χ0n) is 16.6. The van der Waals surface area contributed by atoms with E-state index in [1.807, 2.05) is 53.6 Å². The fraction of sp³-hybridized carbons (Fsp3) is 0.333. The molecule has 2 heterocycles. The van der Waals surface area contributed by atoms with Crippen LogP contribution in [0.2, 0.25) is 5.02 Å². The summed E-state index contributed by atoms with van der Waals surface area (Å²) in [4.78, 5) is 30.3. The molecule has 2 N–H and O–H groups in total. The number of H-pyrrole nitrogens is 1. The van der Waals surface area contributed by atoms with Gasteiger partial charge in [0.15, 0.2) is 0 Å². The normalized spacial score (nSPS) is 20.0. The van der Waals surface area contributed by atoms with E-state index in [9.17, 15) is 9.59 Å². The second-order valence-corrected chi connectivity index (χ2v) is 8.69. The lowest BCUT2D eigenvalue weighted by atomic mass is 9.90. The van der Waals surface area contributed by atoms with Gasteiger partial charge in [0.2, 0.25) is 11.8 Å². The summed E-state index contributed by atoms with van der Waals surface area (Å²) in [6, 6.07) is 16.3. The van der Waals surface area contributed by atoms with Crippen LogP contribution in [0.3, 0.4) is 0 Å². The average Bonchev–Trinajstić information content (AvgIpc) is 3.39. The number of rotatable bonds is 6. The number of nitrogens with one attached hydrogen (secondary N) is 2. The van der Waals surface area contributed by atoms with Crippen molar-refractivity contribution in [1.29, 1.82) is 0 Å². The van der Waals surface area contributed by atoms with Crippen molar-refractivity contribution in [3.63, 3.8) is 0 Å². The molecule has 2 amide bonds. The summed E-state index contributed by atoms with van der Waals surface area (Å²) in [5.74, 6) is -0.302. The molecule has 0 spiro atoms. The van der Waals surface area contributed by atoms with E-state index in [0.29, 0.717) is 30.6 Å². The van der Waals surface area contributed by atoms with Gasteiger partial charge in [0, 0.05) is 53.6 Å². The van der Waals surface area contributed by atoms with Crippen LogP contribution >= 0.6 is 11.6 Å². The Hall–Kier alpha value is -2.79. The number of halogens is 1. The maximum Gasteiger partial charge on any atom is 0.225 e. The number of fused-ring (bicyclic) bond motifs is 1. The predicted octanol–water partition coefficient (Wildman–Crippen LogP) is 4.08. The number of aromatic nitrogens is 1. The van der Waals surface area contributed by atoms with Gasteiger partial charge in [-0.1, -0.05) is 48.0 Å². The van der Waals surface area contributed by atoms with Crippen LogP contribution in [0.1, 0.15) is 36.3 Å². The molecule has 1 aliphatic carbocycles. The maximum atomic E-state index is 12.9. The Balaban J connectivity index is 1.38. The number of aromatic amines is 1. The molecular formula is C24H24ClN3O2. The van der Waals surface area contributed by atoms with Crippen LogP contribution in [0.15, 0.2) is 54.7 Å². The lowest BCUT2D eigenvalue weighted by molar-refractivity contribution is -0.129. The van der Waals surface area contributed by atoms with Gasteiger partial charge in [-0.25, -0.2) is 0 Å². The monoisotopic (exact) mass is 421 g/mol. The van der Waals surface area contributed by atoms with Crippen LogP contribution in [0.4, 0.5) is 0 Å². The van der Waals surface area contributed by atoms with E-state index < -0.39 is 0 Å². The molecule has 1 aliphatic heterocycles. The molecule has 154 valence electrons. The third kappa shape index (κ3) is 3.58. The number of nitrogens with zero attached hydrogens (tertiary/aromatic N) is 1. The van der Waals surface area contributed by atoms with Gasteiger partial charge in [-0.05, 0) is 36.1 Å². The summed E-state index contributed by atoms with van der Waals surface area (Å²) in [6.45, 7) is 0.970. The molecular weight excluding hydrogens is 398 g/mol. The molecule has 5 nitrogen and oxygen atoms in total. The quantitative estimate of drug-likeness (QED) is 0.629. The molecule has 0 bridgehead atoms. The van der Waals surface area contributed by atoms with E-state index in [0.717, 1.165) is 34.9 Å². The third-order valence-electron chi connectivity index (χ3n) is 6.27. The first-order valence-electron chi connectivity index (χ1n) is 10.5. The van der Waals surface area contributed by atoms with Gasteiger partial charge in [-0.2, -0.15) is 0 Å². The van der Waals surface area contributed by atoms with Gasteiger partial charge < -0.3 is 15.2 Å². The van der Waals surface area contributed by atoms with Crippen molar-refractivity contribution >= 4 is 34.3 Å². The van der Waals surface area contributed by atoms with Gasteiger partial charge in [0.05, 0.1) is 5.92 Å². The summed E-state index contributed by atoms with van der Waals surface area (Å²) in [7, 11) is 0. The SMILES string of the molecule is O=C(NC[C@@H](c1ccccc1Cl)c1c[nH]c2ccccc12)[C@H]1CC(=O)N(C2CC2)C1. The predicted molar refractivity (Wildman–Crippen MR) is 117 cm³/mol. The first-order chi connectivity index (χ1) is 14.6. The summed E-state index contributed by atoms with van der Waals surface area (Å²) in [5.41, 5.74) is 3.13. The molecule has 2 aromatic carbocycles.